The second-order valence-corrected chi connectivity index (χ2v) is 6.59. The maximum atomic E-state index is 9.72. The van der Waals surface area contributed by atoms with Crippen molar-refractivity contribution in [1.29, 1.82) is 0 Å². The summed E-state index contributed by atoms with van der Waals surface area (Å²) in [6, 6.07) is 23.9. The van der Waals surface area contributed by atoms with Gasteiger partial charge in [-0.15, -0.1) is 0 Å². The maximum Gasteiger partial charge on any atom is 0.119 e. The van der Waals surface area contributed by atoms with Gasteiger partial charge in [0.1, 0.15) is 17.2 Å². The maximum absolute atomic E-state index is 9.72. The second-order valence-electron chi connectivity index (χ2n) is 6.59. The van der Waals surface area contributed by atoms with Crippen LogP contribution in [0.1, 0.15) is 37.5 Å². The molecule has 1 N–H and O–H groups in total. The van der Waals surface area contributed by atoms with Crippen LogP contribution >= 0.6 is 0 Å². The van der Waals surface area contributed by atoms with Crippen LogP contribution in [-0.2, 0) is 5.41 Å². The molecular weight excluding hydrogens is 336 g/mol. The van der Waals surface area contributed by atoms with Crippen LogP contribution < -0.4 is 9.47 Å². The first kappa shape index (κ1) is 18.8. The topological polar surface area (TPSA) is 38.7 Å². The molecule has 0 saturated heterocycles. The number of phenolic OH excluding ortho intramolecular Hbond substituents is 1. The van der Waals surface area contributed by atoms with E-state index in [1.54, 1.807) is 12.1 Å². The van der Waals surface area contributed by atoms with E-state index in [4.69, 9.17) is 9.47 Å². The fraction of sp³-hybridized carbons (Fsp3) is 0.250. The highest BCUT2D eigenvalue weighted by molar-refractivity contribution is 5.52. The first-order chi connectivity index (χ1) is 13.1. The Morgan fingerprint density at radius 1 is 0.630 bits per heavy atom. The third-order valence-electron chi connectivity index (χ3n) is 4.93. The predicted molar refractivity (Wildman–Crippen MR) is 109 cm³/mol. The summed E-state index contributed by atoms with van der Waals surface area (Å²) in [5.74, 6) is 1.99. The van der Waals surface area contributed by atoms with Gasteiger partial charge >= 0.3 is 0 Å². The summed E-state index contributed by atoms with van der Waals surface area (Å²) in [4.78, 5) is 0. The van der Waals surface area contributed by atoms with E-state index in [2.05, 4.69) is 31.2 Å². The van der Waals surface area contributed by atoms with E-state index < -0.39 is 0 Å². The lowest BCUT2D eigenvalue weighted by Gasteiger charge is -2.32. The molecule has 140 valence electrons. The monoisotopic (exact) mass is 362 g/mol. The van der Waals surface area contributed by atoms with Gasteiger partial charge in [0.15, 0.2) is 0 Å². The molecule has 3 aromatic carbocycles. The van der Waals surface area contributed by atoms with Gasteiger partial charge in [-0.3, -0.25) is 0 Å². The summed E-state index contributed by atoms with van der Waals surface area (Å²) >= 11 is 0. The van der Waals surface area contributed by atoms with E-state index in [1.165, 1.54) is 0 Å². The molecule has 0 aromatic heterocycles. The van der Waals surface area contributed by atoms with Gasteiger partial charge in [0.2, 0.25) is 0 Å². The summed E-state index contributed by atoms with van der Waals surface area (Å²) in [6.45, 7) is 7.45. The third-order valence-corrected chi connectivity index (χ3v) is 4.93. The molecule has 0 atom stereocenters. The molecule has 3 rings (SSSR count). The van der Waals surface area contributed by atoms with Crippen LogP contribution in [0.3, 0.4) is 0 Å². The lowest BCUT2D eigenvalue weighted by Crippen LogP contribution is -2.25. The second kappa shape index (κ2) is 8.17. The van der Waals surface area contributed by atoms with E-state index in [9.17, 15) is 5.11 Å². The van der Waals surface area contributed by atoms with Gasteiger partial charge < -0.3 is 14.6 Å². The van der Waals surface area contributed by atoms with Crippen LogP contribution in [0, 0.1) is 0 Å². The van der Waals surface area contributed by atoms with Crippen LogP contribution in [0.4, 0.5) is 0 Å². The minimum atomic E-state index is -0.372. The van der Waals surface area contributed by atoms with Crippen LogP contribution in [0.15, 0.2) is 72.8 Å². The van der Waals surface area contributed by atoms with Gasteiger partial charge in [-0.1, -0.05) is 36.4 Å². The molecule has 0 radical (unpaired) electrons. The fourth-order valence-corrected chi connectivity index (χ4v) is 3.40. The van der Waals surface area contributed by atoms with Gasteiger partial charge in [0.25, 0.3) is 0 Å². The summed E-state index contributed by atoms with van der Waals surface area (Å²) < 4.78 is 11.2. The van der Waals surface area contributed by atoms with Crippen molar-refractivity contribution in [1.82, 2.24) is 0 Å². The Morgan fingerprint density at radius 3 is 1.30 bits per heavy atom. The number of benzene rings is 3. The van der Waals surface area contributed by atoms with Crippen molar-refractivity contribution in [3.8, 4) is 17.2 Å². The number of ether oxygens (including phenoxy) is 2. The molecule has 0 aliphatic carbocycles. The zero-order valence-corrected chi connectivity index (χ0v) is 16.1. The molecule has 27 heavy (non-hydrogen) atoms. The minimum absolute atomic E-state index is 0.263. The van der Waals surface area contributed by atoms with Gasteiger partial charge in [0.05, 0.1) is 13.2 Å². The lowest BCUT2D eigenvalue weighted by atomic mass is 9.71. The van der Waals surface area contributed by atoms with Crippen LogP contribution in [0.25, 0.3) is 0 Å². The molecule has 0 bridgehead atoms. The van der Waals surface area contributed by atoms with Gasteiger partial charge in [0, 0.05) is 5.41 Å². The fourth-order valence-electron chi connectivity index (χ4n) is 3.40. The Bertz CT molecular complexity index is 800. The van der Waals surface area contributed by atoms with E-state index in [0.29, 0.717) is 13.2 Å². The summed E-state index contributed by atoms with van der Waals surface area (Å²) in [7, 11) is 0. The molecule has 3 heteroatoms. The summed E-state index contributed by atoms with van der Waals surface area (Å²) in [5.41, 5.74) is 3.04. The molecule has 3 aromatic rings. The molecule has 0 aliphatic heterocycles. The summed E-state index contributed by atoms with van der Waals surface area (Å²) in [6.07, 6.45) is 0. The molecular formula is C24H26O3. The van der Waals surface area contributed by atoms with E-state index in [-0.39, 0.29) is 11.2 Å². The molecule has 0 heterocycles. The zero-order chi connectivity index (χ0) is 19.3. The number of rotatable bonds is 7. The first-order valence-corrected chi connectivity index (χ1v) is 9.34. The van der Waals surface area contributed by atoms with Gasteiger partial charge in [-0.25, -0.2) is 0 Å². The minimum Gasteiger partial charge on any atom is -0.508 e. The standard InChI is InChI=1S/C24H26O3/c1-4-26-22-14-8-19(9-15-22)24(3,18-6-12-21(25)13-7-18)20-10-16-23(17-11-20)27-5-2/h6-17,25H,4-5H2,1-3H3. The normalized spacial score (nSPS) is 11.2. The average molecular weight is 362 g/mol. The highest BCUT2D eigenvalue weighted by atomic mass is 16.5. The summed E-state index contributed by atoms with van der Waals surface area (Å²) in [5, 5.41) is 9.72. The smallest absolute Gasteiger partial charge is 0.119 e. The van der Waals surface area contributed by atoms with Crippen molar-refractivity contribution in [3.63, 3.8) is 0 Å². The van der Waals surface area contributed by atoms with Crippen LogP contribution in [0.2, 0.25) is 0 Å². The van der Waals surface area contributed by atoms with Gasteiger partial charge in [-0.2, -0.15) is 0 Å². The molecule has 0 fully saturated rings. The molecule has 0 amide bonds. The average Bonchev–Trinajstić information content (AvgIpc) is 2.70. The van der Waals surface area contributed by atoms with Crippen molar-refractivity contribution >= 4 is 0 Å². The van der Waals surface area contributed by atoms with Crippen molar-refractivity contribution in [2.45, 2.75) is 26.2 Å². The Hall–Kier alpha value is -2.94. The number of hydrogen-bond donors (Lipinski definition) is 1. The van der Waals surface area contributed by atoms with E-state index in [1.807, 2.05) is 50.2 Å². The number of aromatic hydroxyl groups is 1. The molecule has 0 spiro atoms. The number of hydrogen-bond acceptors (Lipinski definition) is 3. The highest BCUT2D eigenvalue weighted by Crippen LogP contribution is 2.40. The molecule has 3 nitrogen and oxygen atoms in total. The van der Waals surface area contributed by atoms with Gasteiger partial charge in [-0.05, 0) is 73.9 Å². The largest absolute Gasteiger partial charge is 0.508 e. The predicted octanol–water partition coefficient (Wildman–Crippen LogP) is 5.54. The van der Waals surface area contributed by atoms with Crippen molar-refractivity contribution < 1.29 is 14.6 Å². The third kappa shape index (κ3) is 3.92. The molecule has 0 unspecified atom stereocenters. The van der Waals surface area contributed by atoms with Crippen LogP contribution in [-0.4, -0.2) is 18.3 Å². The zero-order valence-electron chi connectivity index (χ0n) is 16.1. The Morgan fingerprint density at radius 2 is 0.963 bits per heavy atom. The van der Waals surface area contributed by atoms with E-state index in [0.717, 1.165) is 28.2 Å². The first-order valence-electron chi connectivity index (χ1n) is 9.34. The Balaban J connectivity index is 2.09. The molecule has 0 aliphatic rings. The lowest BCUT2D eigenvalue weighted by molar-refractivity contribution is 0.340. The molecule has 0 saturated carbocycles. The van der Waals surface area contributed by atoms with Crippen molar-refractivity contribution in [2.75, 3.05) is 13.2 Å². The quantitative estimate of drug-likeness (QED) is 0.561. The SMILES string of the molecule is CCOc1ccc(C(C)(c2ccc(O)cc2)c2ccc(OCC)cc2)cc1. The Labute approximate surface area is 161 Å². The van der Waals surface area contributed by atoms with Crippen molar-refractivity contribution in [3.05, 3.63) is 89.5 Å². The van der Waals surface area contributed by atoms with Crippen molar-refractivity contribution in [2.24, 2.45) is 0 Å². The highest BCUT2D eigenvalue weighted by Gasteiger charge is 2.31. The number of phenols is 1. The van der Waals surface area contributed by atoms with Crippen LogP contribution in [0.5, 0.6) is 17.2 Å². The van der Waals surface area contributed by atoms with E-state index >= 15 is 0 Å². The Kier molecular flexibility index (Phi) is 5.70.